The van der Waals surface area contributed by atoms with Gasteiger partial charge in [-0.05, 0) is 24.6 Å². The summed E-state index contributed by atoms with van der Waals surface area (Å²) in [7, 11) is -3.78. The summed E-state index contributed by atoms with van der Waals surface area (Å²) in [6.07, 6.45) is 2.23. The third-order valence-electron chi connectivity index (χ3n) is 2.50. The van der Waals surface area contributed by atoms with E-state index in [9.17, 15) is 13.2 Å². The maximum absolute atomic E-state index is 12.1. The van der Waals surface area contributed by atoms with Gasteiger partial charge in [0.1, 0.15) is 4.90 Å². The first kappa shape index (κ1) is 16.5. The monoisotopic (exact) mass is 315 g/mol. The van der Waals surface area contributed by atoms with Gasteiger partial charge in [0.2, 0.25) is 10.0 Å². The molecule has 0 radical (unpaired) electrons. The van der Waals surface area contributed by atoms with Crippen molar-refractivity contribution in [2.24, 2.45) is 0 Å². The Labute approximate surface area is 122 Å². The van der Waals surface area contributed by atoms with Crippen molar-refractivity contribution >= 4 is 33.6 Å². The molecule has 0 unspecified atom stereocenters. The lowest BCUT2D eigenvalue weighted by Crippen LogP contribution is -2.25. The molecule has 0 saturated heterocycles. The van der Waals surface area contributed by atoms with E-state index in [1.165, 1.54) is 12.1 Å². The predicted octanol–water partition coefficient (Wildman–Crippen LogP) is 1.90. The smallest absolute Gasteiger partial charge is 0.328 e. The average Bonchev–Trinajstić information content (AvgIpc) is 2.39. The number of unbranched alkanes of at least 4 members (excludes halogenated alkanes) is 1. The third-order valence-corrected chi connectivity index (χ3v) is 4.45. The third kappa shape index (κ3) is 4.25. The van der Waals surface area contributed by atoms with Crippen LogP contribution < -0.4 is 4.72 Å². The molecule has 1 aromatic rings. The van der Waals surface area contributed by atoms with E-state index in [-0.39, 0.29) is 15.5 Å². The van der Waals surface area contributed by atoms with E-state index in [2.05, 4.69) is 9.51 Å². The Morgan fingerprint density at radius 3 is 2.80 bits per heavy atom. The van der Waals surface area contributed by atoms with Crippen molar-refractivity contribution in [3.63, 3.8) is 0 Å². The molecule has 0 aliphatic heterocycles. The summed E-state index contributed by atoms with van der Waals surface area (Å²) in [5.74, 6) is -0.617. The van der Waals surface area contributed by atoms with E-state index in [1.807, 2.05) is 6.92 Å². The molecule has 0 fully saturated rings. The highest BCUT2D eigenvalue weighted by Gasteiger charge is 2.20. The first-order chi connectivity index (χ1) is 9.42. The summed E-state index contributed by atoms with van der Waals surface area (Å²) in [4.78, 5) is 14.0. The average molecular weight is 316 g/mol. The number of sulfonamides is 1. The number of halogens is 1. The highest BCUT2D eigenvalue weighted by atomic mass is 35.5. The fraction of sp³-hybridized carbons (Fsp3) is 0.333. The number of hydrogen-bond donors (Lipinski definition) is 1. The Bertz CT molecular complexity index is 652. The van der Waals surface area contributed by atoms with Crippen LogP contribution in [0.3, 0.4) is 0 Å². The molecular formula is C12H14ClN3O3S. The summed E-state index contributed by atoms with van der Waals surface area (Å²) < 4.78 is 26.5. The van der Waals surface area contributed by atoms with Crippen LogP contribution in [0.5, 0.6) is 0 Å². The molecule has 0 saturated carbocycles. The molecule has 0 aliphatic rings. The van der Waals surface area contributed by atoms with E-state index in [4.69, 9.17) is 17.1 Å². The van der Waals surface area contributed by atoms with Gasteiger partial charge in [0, 0.05) is 12.1 Å². The fourth-order valence-electron chi connectivity index (χ4n) is 1.45. The van der Waals surface area contributed by atoms with Crippen molar-refractivity contribution in [3.05, 3.63) is 34.3 Å². The molecule has 0 amide bonds. The van der Waals surface area contributed by atoms with Crippen molar-refractivity contribution < 1.29 is 18.0 Å². The Morgan fingerprint density at radius 2 is 2.20 bits per heavy atom. The van der Waals surface area contributed by atoms with Crippen LogP contribution in [0.4, 0.5) is 0 Å². The molecule has 0 aliphatic carbocycles. The zero-order chi connectivity index (χ0) is 15.2. The van der Waals surface area contributed by atoms with E-state index < -0.39 is 15.8 Å². The lowest BCUT2D eigenvalue weighted by Gasteiger charge is -2.08. The van der Waals surface area contributed by atoms with Gasteiger partial charge in [0.05, 0.1) is 5.02 Å². The van der Waals surface area contributed by atoms with Crippen molar-refractivity contribution in [3.8, 4) is 0 Å². The highest BCUT2D eigenvalue weighted by Crippen LogP contribution is 2.22. The van der Waals surface area contributed by atoms with E-state index in [1.54, 1.807) is 0 Å². The minimum absolute atomic E-state index is 0.0199. The minimum atomic E-state index is -3.78. The molecule has 0 heterocycles. The molecule has 8 heteroatoms. The second-order valence-corrected chi connectivity index (χ2v) is 6.15. The lowest BCUT2D eigenvalue weighted by molar-refractivity contribution is 0.00234. The van der Waals surface area contributed by atoms with Crippen LogP contribution in [0.25, 0.3) is 5.53 Å². The van der Waals surface area contributed by atoms with Gasteiger partial charge in [0.25, 0.3) is 5.78 Å². The predicted molar refractivity (Wildman–Crippen MR) is 75.6 cm³/mol. The van der Waals surface area contributed by atoms with E-state index in [0.29, 0.717) is 19.2 Å². The normalized spacial score (nSPS) is 10.9. The van der Waals surface area contributed by atoms with Gasteiger partial charge in [-0.2, -0.15) is 4.79 Å². The minimum Gasteiger partial charge on any atom is -0.361 e. The molecule has 0 spiro atoms. The van der Waals surface area contributed by atoms with E-state index in [0.717, 1.165) is 12.5 Å². The van der Waals surface area contributed by atoms with Crippen LogP contribution in [0.15, 0.2) is 23.1 Å². The molecular weight excluding hydrogens is 302 g/mol. The van der Waals surface area contributed by atoms with Gasteiger partial charge in [-0.25, -0.2) is 13.1 Å². The summed E-state index contributed by atoms with van der Waals surface area (Å²) in [6, 6.07) is 3.83. The van der Waals surface area contributed by atoms with Crippen LogP contribution in [-0.4, -0.2) is 31.8 Å². The quantitative estimate of drug-likeness (QED) is 0.273. The number of carbonyl (C=O) groups excluding carboxylic acids is 1. The van der Waals surface area contributed by atoms with Gasteiger partial charge in [0.15, 0.2) is 0 Å². The zero-order valence-corrected chi connectivity index (χ0v) is 12.4. The standard InChI is InChI=1S/C12H14ClN3O3S/c1-2-3-6-16-20(18,19)12-7-9(4-5-10(12)13)11(17)8-15-14/h4-5,7-8,16H,2-3,6H2,1H3. The lowest BCUT2D eigenvalue weighted by atomic mass is 10.1. The molecule has 0 atom stereocenters. The number of hydrogen-bond acceptors (Lipinski definition) is 3. The number of carbonyl (C=O) groups is 1. The second kappa shape index (κ2) is 7.31. The number of rotatable bonds is 7. The summed E-state index contributed by atoms with van der Waals surface area (Å²) >= 11 is 5.86. The Kier molecular flexibility index (Phi) is 6.04. The summed E-state index contributed by atoms with van der Waals surface area (Å²) in [5.41, 5.74) is 8.39. The number of nitrogens with zero attached hydrogens (tertiary/aromatic N) is 2. The highest BCUT2D eigenvalue weighted by molar-refractivity contribution is 7.89. The molecule has 108 valence electrons. The van der Waals surface area contributed by atoms with Crippen LogP contribution in [0.2, 0.25) is 5.02 Å². The second-order valence-electron chi connectivity index (χ2n) is 4.01. The molecule has 1 aromatic carbocycles. The largest absolute Gasteiger partial charge is 0.361 e. The topological polar surface area (TPSA) is 99.6 Å². The van der Waals surface area contributed by atoms with Gasteiger partial charge in [-0.1, -0.05) is 24.9 Å². The van der Waals surface area contributed by atoms with Gasteiger partial charge in [-0.3, -0.25) is 4.79 Å². The van der Waals surface area contributed by atoms with Crippen LogP contribution in [0.1, 0.15) is 30.1 Å². The number of Topliss-reactive ketones (excluding diaryl/α,β-unsaturated/α-hetero) is 1. The van der Waals surface area contributed by atoms with Crippen LogP contribution in [-0.2, 0) is 10.0 Å². The van der Waals surface area contributed by atoms with Crippen molar-refractivity contribution in [1.29, 1.82) is 0 Å². The Morgan fingerprint density at radius 1 is 1.50 bits per heavy atom. The van der Waals surface area contributed by atoms with Crippen molar-refractivity contribution in [2.45, 2.75) is 24.7 Å². The summed E-state index contributed by atoms with van der Waals surface area (Å²) in [5, 5.41) is 0.0199. The zero-order valence-electron chi connectivity index (χ0n) is 10.8. The maximum atomic E-state index is 12.1. The molecule has 20 heavy (non-hydrogen) atoms. The molecule has 1 rings (SSSR count). The summed E-state index contributed by atoms with van der Waals surface area (Å²) in [6.45, 7) is 2.24. The SMILES string of the molecule is CCCCNS(=O)(=O)c1cc(C(=O)C=[N+]=[N-])ccc1Cl. The fourth-order valence-corrected chi connectivity index (χ4v) is 3.05. The Hall–Kier alpha value is -1.53. The number of ketones is 1. The van der Waals surface area contributed by atoms with Gasteiger partial charge in [-0.15, -0.1) is 0 Å². The molecule has 0 bridgehead atoms. The van der Waals surface area contributed by atoms with E-state index >= 15 is 0 Å². The molecule has 6 nitrogen and oxygen atoms in total. The molecule has 0 aromatic heterocycles. The first-order valence-electron chi connectivity index (χ1n) is 5.93. The van der Waals surface area contributed by atoms with Gasteiger partial charge >= 0.3 is 6.21 Å². The Balaban J connectivity index is 3.14. The van der Waals surface area contributed by atoms with Crippen molar-refractivity contribution in [2.75, 3.05) is 6.54 Å². The van der Waals surface area contributed by atoms with Crippen LogP contribution >= 0.6 is 11.6 Å². The molecule has 1 N–H and O–H groups in total. The van der Waals surface area contributed by atoms with Crippen molar-refractivity contribution in [1.82, 2.24) is 4.72 Å². The van der Waals surface area contributed by atoms with Gasteiger partial charge < -0.3 is 5.53 Å². The number of nitrogens with one attached hydrogen (secondary N) is 1. The van der Waals surface area contributed by atoms with Crippen LogP contribution in [0, 0.1) is 0 Å². The maximum Gasteiger partial charge on any atom is 0.328 e. The number of benzene rings is 1. The first-order valence-corrected chi connectivity index (χ1v) is 7.79.